The number of carbonyl (C=O) groups excluding carboxylic acids is 1. The van der Waals surface area contributed by atoms with Gasteiger partial charge in [0.1, 0.15) is 5.76 Å². The highest BCUT2D eigenvalue weighted by molar-refractivity contribution is 5.76. The summed E-state index contributed by atoms with van der Waals surface area (Å²) >= 11 is 0. The summed E-state index contributed by atoms with van der Waals surface area (Å²) < 4.78 is 11.0. The van der Waals surface area contributed by atoms with Crippen LogP contribution >= 0.6 is 0 Å². The van der Waals surface area contributed by atoms with Gasteiger partial charge in [-0.1, -0.05) is 6.42 Å². The minimum absolute atomic E-state index is 0.0897. The largest absolute Gasteiger partial charge is 0.446 e. The third-order valence-electron chi connectivity index (χ3n) is 6.41. The molecule has 1 N–H and O–H groups in total. The second-order valence-electron chi connectivity index (χ2n) is 7.96. The van der Waals surface area contributed by atoms with E-state index in [1.165, 1.54) is 19.3 Å². The SMILES string of the molecule is Cc1nc(CCNC(=O)N2CC3(CCC3)C2C2CCOCC2)c(C)o1. The van der Waals surface area contributed by atoms with E-state index in [0.29, 0.717) is 29.8 Å². The molecule has 2 amide bonds. The Labute approximate surface area is 149 Å². The van der Waals surface area contributed by atoms with Crippen LogP contribution in [-0.4, -0.2) is 48.3 Å². The third-order valence-corrected chi connectivity index (χ3v) is 6.41. The van der Waals surface area contributed by atoms with Crippen molar-refractivity contribution in [2.45, 2.75) is 58.4 Å². The molecule has 1 atom stereocenters. The first-order valence-electron chi connectivity index (χ1n) is 9.64. The Hall–Kier alpha value is -1.56. The fraction of sp³-hybridized carbons (Fsp3) is 0.789. The summed E-state index contributed by atoms with van der Waals surface area (Å²) in [7, 11) is 0. The number of aryl methyl sites for hydroxylation is 2. The zero-order chi connectivity index (χ0) is 17.4. The molecule has 1 saturated carbocycles. The molecule has 0 radical (unpaired) electrons. The molecule has 1 aromatic rings. The molecule has 2 aliphatic heterocycles. The van der Waals surface area contributed by atoms with E-state index in [1.807, 2.05) is 13.8 Å². The highest BCUT2D eigenvalue weighted by Crippen LogP contribution is 2.56. The number of hydrogen-bond acceptors (Lipinski definition) is 4. The highest BCUT2D eigenvalue weighted by Gasteiger charge is 2.59. The maximum Gasteiger partial charge on any atom is 0.317 e. The van der Waals surface area contributed by atoms with Crippen LogP contribution < -0.4 is 5.32 Å². The van der Waals surface area contributed by atoms with Crippen molar-refractivity contribution < 1.29 is 13.9 Å². The van der Waals surface area contributed by atoms with Crippen molar-refractivity contribution in [1.29, 1.82) is 0 Å². The van der Waals surface area contributed by atoms with E-state index >= 15 is 0 Å². The predicted octanol–water partition coefficient (Wildman–Crippen LogP) is 2.82. The maximum absolute atomic E-state index is 12.7. The van der Waals surface area contributed by atoms with Crippen LogP contribution in [0.25, 0.3) is 0 Å². The summed E-state index contributed by atoms with van der Waals surface area (Å²) in [5.41, 5.74) is 1.36. The van der Waals surface area contributed by atoms with Crippen LogP contribution in [-0.2, 0) is 11.2 Å². The van der Waals surface area contributed by atoms with E-state index < -0.39 is 0 Å². The van der Waals surface area contributed by atoms with Gasteiger partial charge in [0.05, 0.1) is 5.69 Å². The van der Waals surface area contributed by atoms with E-state index in [-0.39, 0.29) is 6.03 Å². The first kappa shape index (κ1) is 16.9. The Morgan fingerprint density at radius 3 is 2.68 bits per heavy atom. The lowest BCUT2D eigenvalue weighted by molar-refractivity contribution is -0.137. The molecule has 0 aromatic carbocycles. The number of oxazole rings is 1. The molecule has 25 heavy (non-hydrogen) atoms. The number of aromatic nitrogens is 1. The normalized spacial score (nSPS) is 25.5. The van der Waals surface area contributed by atoms with Crippen LogP contribution in [0.4, 0.5) is 4.79 Å². The first-order valence-corrected chi connectivity index (χ1v) is 9.64. The molecule has 3 aliphatic rings. The zero-order valence-electron chi connectivity index (χ0n) is 15.3. The minimum Gasteiger partial charge on any atom is -0.446 e. The van der Waals surface area contributed by atoms with Crippen molar-refractivity contribution in [2.75, 3.05) is 26.3 Å². The summed E-state index contributed by atoms with van der Waals surface area (Å²) in [6.07, 6.45) is 6.80. The lowest BCUT2D eigenvalue weighted by Crippen LogP contribution is -2.72. The molecule has 0 bridgehead atoms. The maximum atomic E-state index is 12.7. The van der Waals surface area contributed by atoms with Crippen LogP contribution in [0.2, 0.25) is 0 Å². The van der Waals surface area contributed by atoms with Gasteiger partial charge in [0.2, 0.25) is 0 Å². The standard InChI is InChI=1S/C19H29N3O3/c1-13-16(21-14(2)25-13)4-9-20-18(23)22-12-19(7-3-8-19)17(22)15-5-10-24-11-6-15/h15,17H,3-12H2,1-2H3,(H,20,23). The van der Waals surface area contributed by atoms with E-state index in [0.717, 1.165) is 50.5 Å². The summed E-state index contributed by atoms with van der Waals surface area (Å²) in [6.45, 7) is 7.01. The lowest BCUT2D eigenvalue weighted by Gasteiger charge is -2.64. The molecule has 1 aliphatic carbocycles. The molecule has 3 heterocycles. The monoisotopic (exact) mass is 347 g/mol. The molecule has 1 aromatic heterocycles. The van der Waals surface area contributed by atoms with Gasteiger partial charge in [0, 0.05) is 51.1 Å². The Kier molecular flexibility index (Phi) is 4.48. The number of rotatable bonds is 4. The van der Waals surface area contributed by atoms with Crippen LogP contribution in [0.3, 0.4) is 0 Å². The molecule has 4 rings (SSSR count). The smallest absolute Gasteiger partial charge is 0.317 e. The number of likely N-dealkylation sites (tertiary alicyclic amines) is 1. The van der Waals surface area contributed by atoms with Crippen molar-refractivity contribution in [3.8, 4) is 0 Å². The van der Waals surface area contributed by atoms with Crippen molar-refractivity contribution >= 4 is 6.03 Å². The number of nitrogens with zero attached hydrogens (tertiary/aromatic N) is 2. The van der Waals surface area contributed by atoms with E-state index in [1.54, 1.807) is 0 Å². The summed E-state index contributed by atoms with van der Waals surface area (Å²) in [5, 5.41) is 3.10. The Morgan fingerprint density at radius 1 is 1.32 bits per heavy atom. The number of urea groups is 1. The second kappa shape index (κ2) is 6.63. The first-order chi connectivity index (χ1) is 12.1. The van der Waals surface area contributed by atoms with Crippen LogP contribution in [0.1, 0.15) is 49.4 Å². The van der Waals surface area contributed by atoms with Gasteiger partial charge >= 0.3 is 6.03 Å². The van der Waals surface area contributed by atoms with Gasteiger partial charge in [-0.15, -0.1) is 0 Å². The third kappa shape index (κ3) is 3.05. The molecular formula is C19H29N3O3. The van der Waals surface area contributed by atoms with Crippen LogP contribution in [0.15, 0.2) is 4.42 Å². The van der Waals surface area contributed by atoms with Crippen molar-refractivity contribution in [1.82, 2.24) is 15.2 Å². The van der Waals surface area contributed by atoms with Crippen LogP contribution in [0.5, 0.6) is 0 Å². The van der Waals surface area contributed by atoms with Gasteiger partial charge in [-0.3, -0.25) is 0 Å². The van der Waals surface area contributed by atoms with E-state index in [4.69, 9.17) is 9.15 Å². The number of nitrogens with one attached hydrogen (secondary N) is 1. The fourth-order valence-electron chi connectivity index (χ4n) is 5.01. The number of hydrogen-bond donors (Lipinski definition) is 1. The summed E-state index contributed by atoms with van der Waals surface area (Å²) in [5.74, 6) is 2.14. The van der Waals surface area contributed by atoms with E-state index in [9.17, 15) is 4.79 Å². The van der Waals surface area contributed by atoms with Crippen molar-refractivity contribution in [3.05, 3.63) is 17.3 Å². The number of amides is 2. The highest BCUT2D eigenvalue weighted by atomic mass is 16.5. The Morgan fingerprint density at radius 2 is 2.08 bits per heavy atom. The molecule has 138 valence electrons. The lowest BCUT2D eigenvalue weighted by atomic mass is 9.54. The molecule has 2 saturated heterocycles. The van der Waals surface area contributed by atoms with Gasteiger partial charge in [-0.2, -0.15) is 0 Å². The molecule has 6 nitrogen and oxygen atoms in total. The Balaban J connectivity index is 1.33. The topological polar surface area (TPSA) is 67.6 Å². The molecule has 1 spiro atoms. The van der Waals surface area contributed by atoms with Gasteiger partial charge in [-0.25, -0.2) is 9.78 Å². The molecule has 1 unspecified atom stereocenters. The summed E-state index contributed by atoms with van der Waals surface area (Å²) in [6, 6.07) is 0.507. The van der Waals surface area contributed by atoms with Gasteiger partial charge < -0.3 is 19.4 Å². The van der Waals surface area contributed by atoms with Gasteiger partial charge in [0.15, 0.2) is 5.89 Å². The average molecular weight is 347 g/mol. The molecular weight excluding hydrogens is 318 g/mol. The van der Waals surface area contributed by atoms with Gasteiger partial charge in [-0.05, 0) is 38.5 Å². The fourth-order valence-corrected chi connectivity index (χ4v) is 5.01. The number of ether oxygens (including phenoxy) is 1. The second-order valence-corrected chi connectivity index (χ2v) is 7.96. The van der Waals surface area contributed by atoms with Crippen molar-refractivity contribution in [3.63, 3.8) is 0 Å². The van der Waals surface area contributed by atoms with Crippen molar-refractivity contribution in [2.24, 2.45) is 11.3 Å². The predicted molar refractivity (Wildman–Crippen MR) is 93.4 cm³/mol. The molecule has 6 heteroatoms. The average Bonchev–Trinajstić information content (AvgIpc) is 2.84. The number of carbonyl (C=O) groups is 1. The minimum atomic E-state index is 0.0897. The van der Waals surface area contributed by atoms with E-state index in [2.05, 4.69) is 15.2 Å². The molecule has 3 fully saturated rings. The quantitative estimate of drug-likeness (QED) is 0.909. The Bertz CT molecular complexity index is 632. The zero-order valence-corrected chi connectivity index (χ0v) is 15.3. The van der Waals surface area contributed by atoms with Crippen LogP contribution in [0, 0.1) is 25.2 Å². The summed E-state index contributed by atoms with van der Waals surface area (Å²) in [4.78, 5) is 19.2. The van der Waals surface area contributed by atoms with Gasteiger partial charge in [0.25, 0.3) is 0 Å².